The molecule has 0 saturated carbocycles. The zero-order valence-corrected chi connectivity index (χ0v) is 18.7. The van der Waals surface area contributed by atoms with Crippen LogP contribution >= 0.6 is 0 Å². The fourth-order valence-corrected chi connectivity index (χ4v) is 3.90. The molecule has 8 heteroatoms. The maximum Gasteiger partial charge on any atom is 0.319 e. The monoisotopic (exact) mass is 446 g/mol. The Labute approximate surface area is 191 Å². The van der Waals surface area contributed by atoms with Crippen molar-refractivity contribution in [2.24, 2.45) is 0 Å². The first-order valence-corrected chi connectivity index (χ1v) is 10.5. The van der Waals surface area contributed by atoms with Crippen molar-refractivity contribution in [1.82, 2.24) is 15.3 Å². The second-order valence-electron chi connectivity index (χ2n) is 7.38. The van der Waals surface area contributed by atoms with Gasteiger partial charge in [-0.15, -0.1) is 0 Å². The van der Waals surface area contributed by atoms with Crippen molar-refractivity contribution < 1.29 is 19.0 Å². The van der Waals surface area contributed by atoms with Gasteiger partial charge >= 0.3 is 6.03 Å². The third-order valence-corrected chi connectivity index (χ3v) is 5.47. The van der Waals surface area contributed by atoms with Gasteiger partial charge in [-0.25, -0.2) is 4.79 Å². The largest absolute Gasteiger partial charge is 0.493 e. The molecule has 2 heterocycles. The number of nitrogens with zero attached hydrogens (tertiary/aromatic N) is 1. The Morgan fingerprint density at radius 3 is 2.45 bits per heavy atom. The molecular weight excluding hydrogens is 420 g/mol. The Kier molecular flexibility index (Phi) is 6.64. The molecule has 0 aliphatic carbocycles. The lowest BCUT2D eigenvalue weighted by Crippen LogP contribution is -2.32. The number of fused-ring (bicyclic) bond motifs is 1. The molecule has 0 bridgehead atoms. The summed E-state index contributed by atoms with van der Waals surface area (Å²) < 4.78 is 16.1. The minimum absolute atomic E-state index is 0.0828. The first-order valence-electron chi connectivity index (χ1n) is 10.5. The fourth-order valence-electron chi connectivity index (χ4n) is 3.90. The summed E-state index contributed by atoms with van der Waals surface area (Å²) in [5.74, 6) is 1.29. The van der Waals surface area contributed by atoms with E-state index in [-0.39, 0.29) is 11.9 Å². The third-order valence-electron chi connectivity index (χ3n) is 5.47. The Balaban J connectivity index is 1.55. The maximum atomic E-state index is 12.8. The molecule has 4 aromatic rings. The highest BCUT2D eigenvalue weighted by molar-refractivity contribution is 5.90. The van der Waals surface area contributed by atoms with E-state index in [1.165, 1.54) is 21.3 Å². The Hall–Kier alpha value is -4.20. The van der Waals surface area contributed by atoms with Crippen LogP contribution in [0.1, 0.15) is 17.0 Å². The van der Waals surface area contributed by atoms with Crippen LogP contribution in [-0.4, -0.2) is 43.9 Å². The average molecular weight is 447 g/mol. The molecule has 1 atom stereocenters. The highest BCUT2D eigenvalue weighted by Gasteiger charge is 2.20. The van der Waals surface area contributed by atoms with Crippen molar-refractivity contribution in [2.75, 3.05) is 33.2 Å². The molecule has 4 rings (SSSR count). The van der Waals surface area contributed by atoms with E-state index in [9.17, 15) is 4.79 Å². The van der Waals surface area contributed by atoms with Gasteiger partial charge in [-0.3, -0.25) is 4.98 Å². The molecule has 0 fully saturated rings. The molecule has 3 N–H and O–H groups in total. The molecule has 0 aliphatic rings. The highest BCUT2D eigenvalue weighted by Crippen LogP contribution is 2.40. The first kappa shape index (κ1) is 22.0. The molecule has 0 saturated heterocycles. The average Bonchev–Trinajstić information content (AvgIpc) is 3.28. The van der Waals surface area contributed by atoms with Crippen molar-refractivity contribution >= 4 is 22.6 Å². The van der Waals surface area contributed by atoms with Gasteiger partial charge in [0.25, 0.3) is 0 Å². The Morgan fingerprint density at radius 2 is 1.79 bits per heavy atom. The normalized spacial score (nSPS) is 11.6. The summed E-state index contributed by atoms with van der Waals surface area (Å²) in [6.07, 6.45) is 5.55. The van der Waals surface area contributed by atoms with Crippen LogP contribution in [0.2, 0.25) is 0 Å². The quantitative estimate of drug-likeness (QED) is 0.369. The molecule has 0 aliphatic heterocycles. The molecule has 2 amide bonds. The van der Waals surface area contributed by atoms with Gasteiger partial charge in [0.2, 0.25) is 5.75 Å². The molecule has 0 unspecified atom stereocenters. The second-order valence-corrected chi connectivity index (χ2v) is 7.38. The van der Waals surface area contributed by atoms with Crippen molar-refractivity contribution in [3.8, 4) is 17.2 Å². The number of carbonyl (C=O) groups excluding carboxylic acids is 1. The van der Waals surface area contributed by atoms with Crippen LogP contribution in [0, 0.1) is 0 Å². The van der Waals surface area contributed by atoms with E-state index < -0.39 is 0 Å². The molecule has 2 aromatic carbocycles. The van der Waals surface area contributed by atoms with Gasteiger partial charge in [-0.1, -0.05) is 24.3 Å². The van der Waals surface area contributed by atoms with E-state index in [1.807, 2.05) is 42.7 Å². The number of rotatable bonds is 8. The van der Waals surface area contributed by atoms with E-state index in [1.54, 1.807) is 18.3 Å². The van der Waals surface area contributed by atoms with E-state index in [0.29, 0.717) is 29.5 Å². The van der Waals surface area contributed by atoms with Crippen LogP contribution in [-0.2, 0) is 0 Å². The van der Waals surface area contributed by atoms with Crippen LogP contribution in [0.4, 0.5) is 10.5 Å². The molecule has 33 heavy (non-hydrogen) atoms. The lowest BCUT2D eigenvalue weighted by atomic mass is 9.92. The van der Waals surface area contributed by atoms with Gasteiger partial charge in [-0.05, 0) is 23.3 Å². The van der Waals surface area contributed by atoms with Crippen LogP contribution < -0.4 is 24.8 Å². The number of anilines is 1. The number of H-pyrrole nitrogens is 1. The van der Waals surface area contributed by atoms with Crippen LogP contribution in [0.5, 0.6) is 17.2 Å². The van der Waals surface area contributed by atoms with Crippen molar-refractivity contribution in [1.29, 1.82) is 0 Å². The number of benzene rings is 2. The summed E-state index contributed by atoms with van der Waals surface area (Å²) in [5, 5.41) is 6.93. The van der Waals surface area contributed by atoms with Gasteiger partial charge in [0.1, 0.15) is 0 Å². The van der Waals surface area contributed by atoms with E-state index in [4.69, 9.17) is 14.2 Å². The summed E-state index contributed by atoms with van der Waals surface area (Å²) in [6, 6.07) is 15.0. The minimum atomic E-state index is -0.349. The number of hydrogen-bond donors (Lipinski definition) is 3. The number of amides is 2. The van der Waals surface area contributed by atoms with Gasteiger partial charge in [0, 0.05) is 54.1 Å². The van der Waals surface area contributed by atoms with Crippen molar-refractivity contribution in [3.05, 3.63) is 78.2 Å². The lowest BCUT2D eigenvalue weighted by Gasteiger charge is -2.19. The maximum absolute atomic E-state index is 12.8. The highest BCUT2D eigenvalue weighted by atomic mass is 16.5. The standard InChI is InChI=1S/C25H26N4O4/c1-31-22-11-17(12-23(32-2)24(22)33-3)29-25(30)28-14-19(16-7-6-10-26-13-16)20-15-27-21-9-5-4-8-18(20)21/h4-13,15,19,27H,14H2,1-3H3,(H2,28,29,30)/t19-/m1/s1. The molecule has 0 spiro atoms. The SMILES string of the molecule is COc1cc(NC(=O)NC[C@H](c2cccnc2)c2c[nH]c3ccccc23)cc(OC)c1OC. The Morgan fingerprint density at radius 1 is 1.03 bits per heavy atom. The van der Waals surface area contributed by atoms with Gasteiger partial charge in [0.05, 0.1) is 27.0 Å². The predicted octanol–water partition coefficient (Wildman–Crippen LogP) is 4.54. The number of nitrogens with one attached hydrogen (secondary N) is 3. The first-order chi connectivity index (χ1) is 16.1. The fraction of sp³-hybridized carbons (Fsp3) is 0.200. The van der Waals surface area contributed by atoms with Crippen molar-refractivity contribution in [3.63, 3.8) is 0 Å². The number of methoxy groups -OCH3 is 3. The molecule has 8 nitrogen and oxygen atoms in total. The number of aromatic nitrogens is 2. The third kappa shape index (κ3) is 4.69. The predicted molar refractivity (Wildman–Crippen MR) is 127 cm³/mol. The summed E-state index contributed by atoms with van der Waals surface area (Å²) in [5.41, 5.74) is 3.66. The molecule has 170 valence electrons. The molecular formula is C25H26N4O4. The number of para-hydroxylation sites is 1. The zero-order chi connectivity index (χ0) is 23.2. The molecule has 0 radical (unpaired) electrons. The summed E-state index contributed by atoms with van der Waals surface area (Å²) in [6.45, 7) is 0.379. The number of urea groups is 1. The Bertz CT molecular complexity index is 1210. The van der Waals surface area contributed by atoms with Gasteiger partial charge in [0.15, 0.2) is 11.5 Å². The number of ether oxygens (including phenoxy) is 3. The smallest absolute Gasteiger partial charge is 0.319 e. The number of hydrogen-bond acceptors (Lipinski definition) is 5. The van der Waals surface area contributed by atoms with E-state index in [0.717, 1.165) is 22.0 Å². The number of carbonyl (C=O) groups is 1. The summed E-state index contributed by atoms with van der Waals surface area (Å²) >= 11 is 0. The van der Waals surface area contributed by atoms with Gasteiger partial charge in [-0.2, -0.15) is 0 Å². The second kappa shape index (κ2) is 9.95. The van der Waals surface area contributed by atoms with Crippen LogP contribution in [0.15, 0.2) is 67.1 Å². The zero-order valence-electron chi connectivity index (χ0n) is 18.7. The van der Waals surface area contributed by atoms with Crippen LogP contribution in [0.25, 0.3) is 10.9 Å². The number of pyridine rings is 1. The van der Waals surface area contributed by atoms with E-state index >= 15 is 0 Å². The summed E-state index contributed by atoms with van der Waals surface area (Å²) in [7, 11) is 4.59. The summed E-state index contributed by atoms with van der Waals surface area (Å²) in [4.78, 5) is 20.4. The van der Waals surface area contributed by atoms with Crippen LogP contribution in [0.3, 0.4) is 0 Å². The van der Waals surface area contributed by atoms with Crippen molar-refractivity contribution in [2.45, 2.75) is 5.92 Å². The lowest BCUT2D eigenvalue weighted by molar-refractivity contribution is 0.252. The van der Waals surface area contributed by atoms with Gasteiger partial charge < -0.3 is 29.8 Å². The van der Waals surface area contributed by atoms with E-state index in [2.05, 4.69) is 26.7 Å². The topological polar surface area (TPSA) is 97.5 Å². The number of aromatic amines is 1. The minimum Gasteiger partial charge on any atom is -0.493 e. The molecule has 2 aromatic heterocycles.